The van der Waals surface area contributed by atoms with Crippen molar-refractivity contribution in [2.45, 2.75) is 54.5 Å². The van der Waals surface area contributed by atoms with Crippen LogP contribution in [0.3, 0.4) is 0 Å². The first-order chi connectivity index (χ1) is 6.59. The van der Waals surface area contributed by atoms with Crippen molar-refractivity contribution < 1.29 is 9.53 Å². The highest BCUT2D eigenvalue weighted by atomic mass is 16.5. The maximum atomic E-state index is 11.4. The summed E-state index contributed by atoms with van der Waals surface area (Å²) < 4.78 is 4.91. The molecule has 1 amide bonds. The van der Waals surface area contributed by atoms with Gasteiger partial charge in [0, 0.05) is 6.04 Å². The summed E-state index contributed by atoms with van der Waals surface area (Å²) in [5.41, 5.74) is 0.0377. The third-order valence-electron chi connectivity index (χ3n) is 2.27. The largest absolute Gasteiger partial charge is 0.450 e. The molecule has 0 fully saturated rings. The van der Waals surface area contributed by atoms with E-state index in [4.69, 9.17) is 4.74 Å². The van der Waals surface area contributed by atoms with Crippen molar-refractivity contribution >= 4 is 6.09 Å². The predicted octanol–water partition coefficient (Wildman–Crippen LogP) is 3.19. The van der Waals surface area contributed by atoms with Crippen molar-refractivity contribution in [3.8, 4) is 0 Å². The molecule has 0 spiro atoms. The third-order valence-corrected chi connectivity index (χ3v) is 2.27. The lowest BCUT2D eigenvalue weighted by Crippen LogP contribution is -2.51. The minimum absolute atomic E-state index is 0.0189. The van der Waals surface area contributed by atoms with Gasteiger partial charge in [-0.2, -0.15) is 0 Å². The molecule has 0 atom stereocenters. The molecule has 0 aliphatic carbocycles. The molecule has 0 radical (unpaired) electrons. The van der Waals surface area contributed by atoms with Crippen molar-refractivity contribution in [3.05, 3.63) is 0 Å². The number of amides is 1. The fourth-order valence-electron chi connectivity index (χ4n) is 2.02. The van der Waals surface area contributed by atoms with Gasteiger partial charge >= 0.3 is 6.09 Å². The number of carbonyl (C=O) groups excluding carboxylic acids is 1. The van der Waals surface area contributed by atoms with Gasteiger partial charge < -0.3 is 10.1 Å². The first kappa shape index (κ1) is 14.3. The van der Waals surface area contributed by atoms with Gasteiger partial charge in [-0.05, 0) is 17.8 Å². The quantitative estimate of drug-likeness (QED) is 0.768. The molecule has 0 saturated carbocycles. The van der Waals surface area contributed by atoms with Gasteiger partial charge in [0.25, 0.3) is 0 Å². The average molecular weight is 215 g/mol. The van der Waals surface area contributed by atoms with Crippen LogP contribution in [0.4, 0.5) is 4.79 Å². The van der Waals surface area contributed by atoms with Crippen LogP contribution in [0.5, 0.6) is 0 Å². The molecule has 0 aliphatic rings. The van der Waals surface area contributed by atoms with Gasteiger partial charge in [0.15, 0.2) is 0 Å². The molecule has 0 bridgehead atoms. The summed E-state index contributed by atoms with van der Waals surface area (Å²) in [5.74, 6) is 0. The molecule has 0 heterocycles. The number of alkyl carbamates (subject to hydrolysis) is 1. The van der Waals surface area contributed by atoms with E-state index in [1.807, 2.05) is 6.92 Å². The highest BCUT2D eigenvalue weighted by molar-refractivity contribution is 5.67. The number of carbonyl (C=O) groups is 1. The number of hydrogen-bond acceptors (Lipinski definition) is 2. The first-order valence-electron chi connectivity index (χ1n) is 5.52. The standard InChI is InChI=1S/C12H25NO2/c1-8-15-10(14)13-9(11(2,3)4)12(5,6)7/h9H,8H2,1-7H3,(H,13,14). The van der Waals surface area contributed by atoms with Gasteiger partial charge in [0.05, 0.1) is 6.61 Å². The Morgan fingerprint density at radius 3 is 1.80 bits per heavy atom. The number of nitrogens with one attached hydrogen (secondary N) is 1. The van der Waals surface area contributed by atoms with Crippen molar-refractivity contribution in [3.63, 3.8) is 0 Å². The molecule has 3 nitrogen and oxygen atoms in total. The second-order valence-corrected chi connectivity index (χ2v) is 6.03. The number of hydrogen-bond donors (Lipinski definition) is 1. The molecule has 0 unspecified atom stereocenters. The van der Waals surface area contributed by atoms with Crippen molar-refractivity contribution in [2.75, 3.05) is 6.61 Å². The molecular weight excluding hydrogens is 190 g/mol. The van der Waals surface area contributed by atoms with E-state index in [1.165, 1.54) is 0 Å². The molecule has 0 aliphatic heterocycles. The minimum atomic E-state index is -0.327. The first-order valence-corrected chi connectivity index (χ1v) is 5.52. The van der Waals surface area contributed by atoms with E-state index in [9.17, 15) is 4.79 Å². The molecule has 3 heteroatoms. The molecule has 0 aromatic heterocycles. The van der Waals surface area contributed by atoms with Gasteiger partial charge in [-0.1, -0.05) is 41.5 Å². The van der Waals surface area contributed by atoms with E-state index in [0.29, 0.717) is 6.61 Å². The molecule has 90 valence electrons. The summed E-state index contributed by atoms with van der Waals surface area (Å²) in [6, 6.07) is 0.0871. The summed E-state index contributed by atoms with van der Waals surface area (Å²) in [7, 11) is 0. The Morgan fingerprint density at radius 1 is 1.13 bits per heavy atom. The van der Waals surface area contributed by atoms with Crippen LogP contribution in [-0.2, 0) is 4.74 Å². The Kier molecular flexibility index (Phi) is 4.63. The van der Waals surface area contributed by atoms with Crippen LogP contribution in [-0.4, -0.2) is 18.7 Å². The lowest BCUT2D eigenvalue weighted by atomic mass is 9.72. The summed E-state index contributed by atoms with van der Waals surface area (Å²) in [4.78, 5) is 11.4. The maximum absolute atomic E-state index is 11.4. The van der Waals surface area contributed by atoms with E-state index in [1.54, 1.807) is 0 Å². The molecule has 0 aromatic rings. The summed E-state index contributed by atoms with van der Waals surface area (Å²) in [6.07, 6.45) is -0.327. The van der Waals surface area contributed by atoms with Crippen LogP contribution in [0.15, 0.2) is 0 Å². The van der Waals surface area contributed by atoms with Gasteiger partial charge in [-0.15, -0.1) is 0 Å². The van der Waals surface area contributed by atoms with Crippen LogP contribution in [0.1, 0.15) is 48.5 Å². The van der Waals surface area contributed by atoms with E-state index in [0.717, 1.165) is 0 Å². The topological polar surface area (TPSA) is 38.3 Å². The molecule has 0 rings (SSSR count). The van der Waals surface area contributed by atoms with Gasteiger partial charge in [-0.25, -0.2) is 4.79 Å². The Labute approximate surface area is 93.6 Å². The monoisotopic (exact) mass is 215 g/mol. The highest BCUT2D eigenvalue weighted by Gasteiger charge is 2.36. The SMILES string of the molecule is CCOC(=O)NC(C(C)(C)C)C(C)(C)C. The maximum Gasteiger partial charge on any atom is 0.407 e. The van der Waals surface area contributed by atoms with Crippen molar-refractivity contribution in [1.82, 2.24) is 5.32 Å². The molecule has 0 aromatic carbocycles. The zero-order chi connectivity index (χ0) is 12.3. The van der Waals surface area contributed by atoms with Crippen molar-refractivity contribution in [2.24, 2.45) is 10.8 Å². The second kappa shape index (κ2) is 4.86. The Balaban J connectivity index is 4.62. The summed E-state index contributed by atoms with van der Waals surface area (Å²) in [5, 5.41) is 2.94. The average Bonchev–Trinajstić information content (AvgIpc) is 1.96. The van der Waals surface area contributed by atoms with E-state index >= 15 is 0 Å². The minimum Gasteiger partial charge on any atom is -0.450 e. The Morgan fingerprint density at radius 2 is 1.53 bits per heavy atom. The van der Waals surface area contributed by atoms with Gasteiger partial charge in [0.1, 0.15) is 0 Å². The fraction of sp³-hybridized carbons (Fsp3) is 0.917. The van der Waals surface area contributed by atoms with E-state index < -0.39 is 0 Å². The second-order valence-electron chi connectivity index (χ2n) is 6.03. The lowest BCUT2D eigenvalue weighted by Gasteiger charge is -2.40. The number of rotatable bonds is 2. The fourth-order valence-corrected chi connectivity index (χ4v) is 2.02. The van der Waals surface area contributed by atoms with Gasteiger partial charge in [-0.3, -0.25) is 0 Å². The van der Waals surface area contributed by atoms with E-state index in [-0.39, 0.29) is 23.0 Å². The highest BCUT2D eigenvalue weighted by Crippen LogP contribution is 2.33. The molecule has 1 N–H and O–H groups in total. The third kappa shape index (κ3) is 5.05. The Hall–Kier alpha value is -0.730. The number of ether oxygens (including phenoxy) is 1. The molecular formula is C12H25NO2. The van der Waals surface area contributed by atoms with E-state index in [2.05, 4.69) is 46.9 Å². The lowest BCUT2D eigenvalue weighted by molar-refractivity contribution is 0.104. The predicted molar refractivity (Wildman–Crippen MR) is 62.9 cm³/mol. The molecule has 0 saturated heterocycles. The zero-order valence-electron chi connectivity index (χ0n) is 11.1. The van der Waals surface area contributed by atoms with Crippen LogP contribution < -0.4 is 5.32 Å². The van der Waals surface area contributed by atoms with Crippen LogP contribution >= 0.6 is 0 Å². The smallest absolute Gasteiger partial charge is 0.407 e. The summed E-state index contributed by atoms with van der Waals surface area (Å²) in [6.45, 7) is 14.9. The van der Waals surface area contributed by atoms with Gasteiger partial charge in [0.2, 0.25) is 0 Å². The zero-order valence-corrected chi connectivity index (χ0v) is 11.1. The summed E-state index contributed by atoms with van der Waals surface area (Å²) >= 11 is 0. The molecule has 15 heavy (non-hydrogen) atoms. The van der Waals surface area contributed by atoms with Crippen LogP contribution in [0.2, 0.25) is 0 Å². The normalized spacial score (nSPS) is 12.8. The van der Waals surface area contributed by atoms with Crippen LogP contribution in [0, 0.1) is 10.8 Å². The van der Waals surface area contributed by atoms with Crippen LogP contribution in [0.25, 0.3) is 0 Å². The van der Waals surface area contributed by atoms with Crippen molar-refractivity contribution in [1.29, 1.82) is 0 Å². The Bertz CT molecular complexity index is 197.